The summed E-state index contributed by atoms with van der Waals surface area (Å²) in [5.41, 5.74) is 0.940. The number of halogens is 1. The minimum atomic E-state index is -0.835. The standard InChI is InChI=1S/C13H13BrO2/c1-13(11(15)8-14)7-6-9-4-2-3-5-10(9)12(13)16/h2-5H,6-8H2,1H3. The molecule has 1 aromatic rings. The highest BCUT2D eigenvalue weighted by molar-refractivity contribution is 9.09. The first-order valence-electron chi connectivity index (χ1n) is 5.31. The normalized spacial score (nSPS) is 24.0. The lowest BCUT2D eigenvalue weighted by atomic mass is 9.70. The van der Waals surface area contributed by atoms with Crippen molar-refractivity contribution in [1.29, 1.82) is 0 Å². The molecule has 2 nitrogen and oxygen atoms in total. The van der Waals surface area contributed by atoms with Crippen molar-refractivity contribution < 1.29 is 9.59 Å². The summed E-state index contributed by atoms with van der Waals surface area (Å²) in [6.45, 7) is 1.76. The fraction of sp³-hybridized carbons (Fsp3) is 0.385. The highest BCUT2D eigenvalue weighted by atomic mass is 79.9. The van der Waals surface area contributed by atoms with Crippen LogP contribution < -0.4 is 0 Å². The molecule has 0 saturated carbocycles. The fourth-order valence-corrected chi connectivity index (χ4v) is 2.79. The number of alkyl halides is 1. The van der Waals surface area contributed by atoms with E-state index in [9.17, 15) is 9.59 Å². The van der Waals surface area contributed by atoms with Gasteiger partial charge >= 0.3 is 0 Å². The van der Waals surface area contributed by atoms with Crippen LogP contribution in [0.4, 0.5) is 0 Å². The van der Waals surface area contributed by atoms with E-state index >= 15 is 0 Å². The number of fused-ring (bicyclic) bond motifs is 1. The number of hydrogen-bond acceptors (Lipinski definition) is 2. The summed E-state index contributed by atoms with van der Waals surface area (Å²) in [6.07, 6.45) is 1.42. The van der Waals surface area contributed by atoms with Crippen molar-refractivity contribution in [1.82, 2.24) is 0 Å². The molecule has 1 unspecified atom stereocenters. The largest absolute Gasteiger partial charge is 0.298 e. The van der Waals surface area contributed by atoms with Crippen LogP contribution in [-0.2, 0) is 11.2 Å². The average Bonchev–Trinajstić information content (AvgIpc) is 2.33. The van der Waals surface area contributed by atoms with E-state index in [1.165, 1.54) is 0 Å². The van der Waals surface area contributed by atoms with Crippen LogP contribution in [0.1, 0.15) is 29.3 Å². The lowest BCUT2D eigenvalue weighted by Gasteiger charge is -2.31. The molecular formula is C13H13BrO2. The van der Waals surface area contributed by atoms with E-state index in [0.29, 0.717) is 12.0 Å². The molecule has 0 spiro atoms. The Morgan fingerprint density at radius 2 is 2.12 bits per heavy atom. The second-order valence-electron chi connectivity index (χ2n) is 4.38. The Morgan fingerprint density at radius 3 is 2.81 bits per heavy atom. The third-order valence-electron chi connectivity index (χ3n) is 3.39. The van der Waals surface area contributed by atoms with E-state index in [4.69, 9.17) is 0 Å². The molecule has 16 heavy (non-hydrogen) atoms. The molecule has 0 amide bonds. The van der Waals surface area contributed by atoms with Crippen molar-refractivity contribution in [3.63, 3.8) is 0 Å². The first kappa shape index (κ1) is 11.5. The molecule has 0 N–H and O–H groups in total. The Hall–Kier alpha value is -0.960. The molecular weight excluding hydrogens is 268 g/mol. The molecule has 0 heterocycles. The van der Waals surface area contributed by atoms with Gasteiger partial charge in [-0.05, 0) is 25.3 Å². The molecule has 1 aliphatic carbocycles. The molecule has 0 fully saturated rings. The minimum Gasteiger partial charge on any atom is -0.298 e. The van der Waals surface area contributed by atoms with Crippen molar-refractivity contribution in [2.45, 2.75) is 19.8 Å². The Bertz CT molecular complexity index is 453. The zero-order chi connectivity index (χ0) is 11.8. The summed E-state index contributed by atoms with van der Waals surface area (Å²) in [6, 6.07) is 7.56. The first-order chi connectivity index (χ1) is 7.59. The van der Waals surface area contributed by atoms with Gasteiger partial charge in [0.1, 0.15) is 0 Å². The van der Waals surface area contributed by atoms with Gasteiger partial charge in [-0.2, -0.15) is 0 Å². The molecule has 1 aromatic carbocycles. The highest BCUT2D eigenvalue weighted by Crippen LogP contribution is 2.36. The van der Waals surface area contributed by atoms with Crippen LogP contribution in [0.5, 0.6) is 0 Å². The first-order valence-corrected chi connectivity index (χ1v) is 6.43. The Kier molecular flexibility index (Phi) is 2.98. The van der Waals surface area contributed by atoms with Crippen molar-refractivity contribution in [2.75, 3.05) is 5.33 Å². The summed E-state index contributed by atoms with van der Waals surface area (Å²) in [4.78, 5) is 24.1. The number of ketones is 2. The molecule has 84 valence electrons. The molecule has 0 radical (unpaired) electrons. The predicted molar refractivity (Wildman–Crippen MR) is 66.0 cm³/mol. The SMILES string of the molecule is CC1(C(=O)CBr)CCc2ccccc2C1=O. The van der Waals surface area contributed by atoms with E-state index in [-0.39, 0.29) is 16.9 Å². The Balaban J connectivity index is 2.45. The molecule has 2 rings (SSSR count). The Labute approximate surface area is 103 Å². The van der Waals surface area contributed by atoms with E-state index in [1.807, 2.05) is 24.3 Å². The van der Waals surface area contributed by atoms with Gasteiger partial charge in [-0.25, -0.2) is 0 Å². The van der Waals surface area contributed by atoms with Crippen LogP contribution in [0, 0.1) is 5.41 Å². The van der Waals surface area contributed by atoms with Crippen molar-refractivity contribution in [2.24, 2.45) is 5.41 Å². The number of benzene rings is 1. The molecule has 0 saturated heterocycles. The lowest BCUT2D eigenvalue weighted by Crippen LogP contribution is -2.41. The van der Waals surface area contributed by atoms with Crippen LogP contribution >= 0.6 is 15.9 Å². The van der Waals surface area contributed by atoms with Gasteiger partial charge in [-0.1, -0.05) is 40.2 Å². The van der Waals surface area contributed by atoms with Crippen molar-refractivity contribution in [3.05, 3.63) is 35.4 Å². The quantitative estimate of drug-likeness (QED) is 0.617. The second kappa shape index (κ2) is 4.13. The van der Waals surface area contributed by atoms with E-state index < -0.39 is 5.41 Å². The number of aryl methyl sites for hydroxylation is 1. The van der Waals surface area contributed by atoms with Crippen LogP contribution in [0.25, 0.3) is 0 Å². The zero-order valence-electron chi connectivity index (χ0n) is 9.13. The van der Waals surface area contributed by atoms with E-state index in [1.54, 1.807) is 6.92 Å². The Morgan fingerprint density at radius 1 is 1.44 bits per heavy atom. The molecule has 0 bridgehead atoms. The smallest absolute Gasteiger partial charge is 0.176 e. The average molecular weight is 281 g/mol. The van der Waals surface area contributed by atoms with E-state index in [0.717, 1.165) is 12.0 Å². The summed E-state index contributed by atoms with van der Waals surface area (Å²) in [7, 11) is 0. The second-order valence-corrected chi connectivity index (χ2v) is 4.94. The summed E-state index contributed by atoms with van der Waals surface area (Å²) in [5, 5.41) is 0.247. The van der Waals surface area contributed by atoms with Gasteiger partial charge in [0.05, 0.1) is 10.7 Å². The minimum absolute atomic E-state index is 0.0213. The van der Waals surface area contributed by atoms with Gasteiger partial charge in [0.15, 0.2) is 11.6 Å². The number of hydrogen-bond donors (Lipinski definition) is 0. The molecule has 0 aliphatic heterocycles. The van der Waals surface area contributed by atoms with Gasteiger partial charge in [0, 0.05) is 5.56 Å². The monoisotopic (exact) mass is 280 g/mol. The maximum absolute atomic E-state index is 12.3. The summed E-state index contributed by atoms with van der Waals surface area (Å²) in [5.74, 6) is -0.0502. The predicted octanol–water partition coefficient (Wildman–Crippen LogP) is 2.79. The third-order valence-corrected chi connectivity index (χ3v) is 3.90. The maximum atomic E-state index is 12.3. The van der Waals surface area contributed by atoms with Crippen LogP contribution in [0.3, 0.4) is 0 Å². The topological polar surface area (TPSA) is 34.1 Å². The van der Waals surface area contributed by atoms with Gasteiger partial charge in [-0.15, -0.1) is 0 Å². The van der Waals surface area contributed by atoms with Gasteiger partial charge in [-0.3, -0.25) is 9.59 Å². The number of carbonyl (C=O) groups is 2. The van der Waals surface area contributed by atoms with Gasteiger partial charge in [0.25, 0.3) is 0 Å². The van der Waals surface area contributed by atoms with Crippen LogP contribution in [-0.4, -0.2) is 16.9 Å². The molecule has 1 atom stereocenters. The number of carbonyl (C=O) groups excluding carboxylic acids is 2. The van der Waals surface area contributed by atoms with Crippen LogP contribution in [0.15, 0.2) is 24.3 Å². The number of rotatable bonds is 2. The van der Waals surface area contributed by atoms with Crippen LogP contribution in [0.2, 0.25) is 0 Å². The fourth-order valence-electron chi connectivity index (χ4n) is 2.17. The van der Waals surface area contributed by atoms with Gasteiger partial charge in [0.2, 0.25) is 0 Å². The number of Topliss-reactive ketones (excluding diaryl/α,β-unsaturated/α-hetero) is 2. The molecule has 1 aliphatic rings. The van der Waals surface area contributed by atoms with E-state index in [2.05, 4.69) is 15.9 Å². The third kappa shape index (κ3) is 1.63. The zero-order valence-corrected chi connectivity index (χ0v) is 10.7. The highest BCUT2D eigenvalue weighted by Gasteiger charge is 2.43. The van der Waals surface area contributed by atoms with Crippen molar-refractivity contribution in [3.8, 4) is 0 Å². The lowest BCUT2D eigenvalue weighted by molar-refractivity contribution is -0.123. The van der Waals surface area contributed by atoms with Gasteiger partial charge < -0.3 is 0 Å². The summed E-state index contributed by atoms with van der Waals surface area (Å²) < 4.78 is 0. The maximum Gasteiger partial charge on any atom is 0.176 e. The molecule has 0 aromatic heterocycles. The molecule has 3 heteroatoms. The summed E-state index contributed by atoms with van der Waals surface area (Å²) >= 11 is 3.15. The van der Waals surface area contributed by atoms with Crippen molar-refractivity contribution >= 4 is 27.5 Å².